The Morgan fingerprint density at radius 3 is 2.60 bits per heavy atom. The van der Waals surface area contributed by atoms with Gasteiger partial charge in [0.05, 0.1) is 6.20 Å². The molecule has 25 heavy (non-hydrogen) atoms. The summed E-state index contributed by atoms with van der Waals surface area (Å²) < 4.78 is 0. The summed E-state index contributed by atoms with van der Waals surface area (Å²) in [6, 6.07) is 8.86. The van der Waals surface area contributed by atoms with Crippen molar-refractivity contribution in [3.05, 3.63) is 30.5 Å². The van der Waals surface area contributed by atoms with E-state index < -0.39 is 0 Å². The van der Waals surface area contributed by atoms with Crippen molar-refractivity contribution in [2.24, 2.45) is 5.92 Å². The molecule has 6 heteroatoms. The topological polar surface area (TPSA) is 66.0 Å². The lowest BCUT2D eigenvalue weighted by molar-refractivity contribution is 0.438. The predicted octanol–water partition coefficient (Wildman–Crippen LogP) is 4.06. The molecule has 0 bridgehead atoms. The Labute approximate surface area is 150 Å². The summed E-state index contributed by atoms with van der Waals surface area (Å²) in [5.74, 6) is 2.10. The Hall–Kier alpha value is -2.37. The molecule has 1 saturated heterocycles. The Balaban J connectivity index is 1.62. The Kier molecular flexibility index (Phi) is 5.68. The fraction of sp³-hybridized carbons (Fsp3) is 0.526. The monoisotopic (exact) mass is 340 g/mol. The van der Waals surface area contributed by atoms with Crippen LogP contribution in [-0.2, 0) is 0 Å². The van der Waals surface area contributed by atoms with E-state index in [2.05, 4.69) is 75.8 Å². The van der Waals surface area contributed by atoms with E-state index in [-0.39, 0.29) is 0 Å². The first kappa shape index (κ1) is 17.5. The molecule has 1 unspecified atom stereocenters. The van der Waals surface area contributed by atoms with Crippen LogP contribution in [0.2, 0.25) is 0 Å². The van der Waals surface area contributed by atoms with Crippen LogP contribution in [0.4, 0.5) is 23.1 Å². The smallest absolute Gasteiger partial charge is 0.244 e. The van der Waals surface area contributed by atoms with E-state index in [4.69, 9.17) is 0 Å². The molecule has 0 aliphatic carbocycles. The molecule has 1 aromatic heterocycles. The van der Waals surface area contributed by atoms with Crippen molar-refractivity contribution in [2.45, 2.75) is 46.1 Å². The number of nitrogens with zero attached hydrogens (tertiary/aromatic N) is 4. The summed E-state index contributed by atoms with van der Waals surface area (Å²) in [4.78, 5) is 6.93. The summed E-state index contributed by atoms with van der Waals surface area (Å²) >= 11 is 0. The largest absolute Gasteiger partial charge is 0.372 e. The van der Waals surface area contributed by atoms with Gasteiger partial charge >= 0.3 is 0 Å². The maximum Gasteiger partial charge on any atom is 0.244 e. The average Bonchev–Trinajstić information content (AvgIpc) is 2.63. The normalized spacial score (nSPS) is 16.5. The molecule has 0 radical (unpaired) electrons. The summed E-state index contributed by atoms with van der Waals surface area (Å²) in [6.07, 6.45) is 5.20. The summed E-state index contributed by atoms with van der Waals surface area (Å²) in [7, 11) is 0. The van der Waals surface area contributed by atoms with Crippen molar-refractivity contribution in [2.75, 3.05) is 28.6 Å². The van der Waals surface area contributed by atoms with Crippen LogP contribution < -0.4 is 15.5 Å². The maximum atomic E-state index is 4.47. The van der Waals surface area contributed by atoms with Crippen LogP contribution in [0.15, 0.2) is 30.5 Å². The van der Waals surface area contributed by atoms with Crippen LogP contribution in [0.3, 0.4) is 0 Å². The van der Waals surface area contributed by atoms with Crippen LogP contribution in [0, 0.1) is 5.92 Å². The molecule has 2 heterocycles. The Bertz CT molecular complexity index is 664. The summed E-state index contributed by atoms with van der Waals surface area (Å²) in [5.41, 5.74) is 2.29. The highest BCUT2D eigenvalue weighted by Gasteiger charge is 2.15. The Morgan fingerprint density at radius 1 is 1.20 bits per heavy atom. The lowest BCUT2D eigenvalue weighted by Crippen LogP contribution is -2.32. The highest BCUT2D eigenvalue weighted by molar-refractivity contribution is 5.61. The van der Waals surface area contributed by atoms with Gasteiger partial charge in [0.15, 0.2) is 5.82 Å². The van der Waals surface area contributed by atoms with E-state index in [0.29, 0.717) is 17.8 Å². The van der Waals surface area contributed by atoms with Gasteiger partial charge in [-0.2, -0.15) is 10.1 Å². The highest BCUT2D eigenvalue weighted by atomic mass is 15.3. The van der Waals surface area contributed by atoms with Crippen molar-refractivity contribution in [3.8, 4) is 0 Å². The van der Waals surface area contributed by atoms with Gasteiger partial charge < -0.3 is 15.5 Å². The molecule has 1 atom stereocenters. The number of hydrogen-bond acceptors (Lipinski definition) is 6. The van der Waals surface area contributed by atoms with Gasteiger partial charge in [-0.05, 0) is 56.4 Å². The first-order valence-corrected chi connectivity index (χ1v) is 9.22. The van der Waals surface area contributed by atoms with Gasteiger partial charge in [0, 0.05) is 30.5 Å². The average molecular weight is 340 g/mol. The first-order valence-electron chi connectivity index (χ1n) is 9.22. The zero-order chi connectivity index (χ0) is 17.6. The maximum absolute atomic E-state index is 4.47. The van der Waals surface area contributed by atoms with Crippen LogP contribution >= 0.6 is 0 Å². The minimum atomic E-state index is 0.323. The summed E-state index contributed by atoms with van der Waals surface area (Å²) in [6.45, 7) is 8.86. The standard InChI is InChI=1S/C19H28N6/c1-4-15(3)21-19-23-18(13-20-24-19)22-16-5-7-17(8-6-16)25-11-9-14(2)10-12-25/h5-8,13-15H,4,9-12H2,1-3H3,(H2,21,22,23,24). The third-order valence-corrected chi connectivity index (χ3v) is 4.84. The number of benzene rings is 1. The molecule has 0 amide bonds. The Morgan fingerprint density at radius 2 is 1.92 bits per heavy atom. The molecule has 1 fully saturated rings. The molecule has 6 nitrogen and oxygen atoms in total. The second kappa shape index (κ2) is 8.14. The molecule has 0 saturated carbocycles. The van der Waals surface area contributed by atoms with Crippen LogP contribution in [-0.4, -0.2) is 34.3 Å². The third kappa shape index (κ3) is 4.81. The molecule has 1 aliphatic rings. The van der Waals surface area contributed by atoms with E-state index in [1.807, 2.05) is 0 Å². The fourth-order valence-electron chi connectivity index (χ4n) is 2.92. The fourth-order valence-corrected chi connectivity index (χ4v) is 2.92. The molecular formula is C19H28N6. The van der Waals surface area contributed by atoms with E-state index >= 15 is 0 Å². The summed E-state index contributed by atoms with van der Waals surface area (Å²) in [5, 5.41) is 14.6. The molecule has 1 aliphatic heterocycles. The quantitative estimate of drug-likeness (QED) is 0.826. The number of hydrogen-bond donors (Lipinski definition) is 2. The molecule has 2 aromatic rings. The molecule has 134 valence electrons. The second-order valence-corrected chi connectivity index (χ2v) is 6.96. The lowest BCUT2D eigenvalue weighted by Gasteiger charge is -2.32. The second-order valence-electron chi connectivity index (χ2n) is 6.96. The SMILES string of the molecule is CCC(C)Nc1nncc(Nc2ccc(N3CCC(C)CC3)cc2)n1. The van der Waals surface area contributed by atoms with Crippen molar-refractivity contribution < 1.29 is 0 Å². The first-order chi connectivity index (χ1) is 12.1. The van der Waals surface area contributed by atoms with Crippen molar-refractivity contribution in [1.82, 2.24) is 15.2 Å². The predicted molar refractivity (Wildman–Crippen MR) is 104 cm³/mol. The van der Waals surface area contributed by atoms with Crippen LogP contribution in [0.25, 0.3) is 0 Å². The van der Waals surface area contributed by atoms with Gasteiger partial charge in [-0.25, -0.2) is 0 Å². The molecule has 2 N–H and O–H groups in total. The number of anilines is 4. The molecular weight excluding hydrogens is 312 g/mol. The van der Waals surface area contributed by atoms with Crippen molar-refractivity contribution in [3.63, 3.8) is 0 Å². The van der Waals surface area contributed by atoms with Crippen molar-refractivity contribution >= 4 is 23.1 Å². The number of aromatic nitrogens is 3. The van der Waals surface area contributed by atoms with Gasteiger partial charge in [-0.15, -0.1) is 5.10 Å². The molecule has 3 rings (SSSR count). The van der Waals surface area contributed by atoms with Crippen LogP contribution in [0.5, 0.6) is 0 Å². The van der Waals surface area contributed by atoms with E-state index in [0.717, 1.165) is 31.1 Å². The third-order valence-electron chi connectivity index (χ3n) is 4.84. The highest BCUT2D eigenvalue weighted by Crippen LogP contribution is 2.25. The van der Waals surface area contributed by atoms with Crippen molar-refractivity contribution in [1.29, 1.82) is 0 Å². The van der Waals surface area contributed by atoms with Gasteiger partial charge in [0.25, 0.3) is 0 Å². The minimum absolute atomic E-state index is 0.323. The van der Waals surface area contributed by atoms with Gasteiger partial charge in [0.1, 0.15) is 0 Å². The van der Waals surface area contributed by atoms with E-state index in [1.54, 1.807) is 6.20 Å². The zero-order valence-corrected chi connectivity index (χ0v) is 15.4. The van der Waals surface area contributed by atoms with Gasteiger partial charge in [0.2, 0.25) is 5.95 Å². The lowest BCUT2D eigenvalue weighted by atomic mass is 9.99. The van der Waals surface area contributed by atoms with Crippen LogP contribution in [0.1, 0.15) is 40.0 Å². The van der Waals surface area contributed by atoms with E-state index in [1.165, 1.54) is 18.5 Å². The van der Waals surface area contributed by atoms with E-state index in [9.17, 15) is 0 Å². The van der Waals surface area contributed by atoms with Gasteiger partial charge in [-0.1, -0.05) is 13.8 Å². The number of piperidine rings is 1. The van der Waals surface area contributed by atoms with Gasteiger partial charge in [-0.3, -0.25) is 0 Å². The molecule has 0 spiro atoms. The molecule has 1 aromatic carbocycles. The number of nitrogens with one attached hydrogen (secondary N) is 2. The number of rotatable bonds is 6. The zero-order valence-electron chi connectivity index (χ0n) is 15.4. The minimum Gasteiger partial charge on any atom is -0.372 e.